The fourth-order valence-corrected chi connectivity index (χ4v) is 6.93. The monoisotopic (exact) mass is 621 g/mol. The molecule has 11 nitrogen and oxygen atoms in total. The number of benzene rings is 2. The molecule has 1 saturated carbocycles. The number of ether oxygens (including phenoxy) is 1. The zero-order valence-corrected chi connectivity index (χ0v) is 26.5. The number of carbonyl (C=O) groups is 3. The molecule has 3 heterocycles. The van der Waals surface area contributed by atoms with Gasteiger partial charge in [0.2, 0.25) is 5.69 Å². The van der Waals surface area contributed by atoms with Crippen molar-refractivity contribution in [1.29, 1.82) is 0 Å². The molecule has 5 aromatic rings. The van der Waals surface area contributed by atoms with Crippen LogP contribution in [-0.2, 0) is 4.74 Å². The van der Waals surface area contributed by atoms with Crippen LogP contribution in [0.3, 0.4) is 0 Å². The van der Waals surface area contributed by atoms with Gasteiger partial charge in [0.25, 0.3) is 5.91 Å². The summed E-state index contributed by atoms with van der Waals surface area (Å²) in [7, 11) is 0. The molecular weight excluding hydrogens is 586 g/mol. The van der Waals surface area contributed by atoms with Crippen LogP contribution in [0, 0.1) is 45.1 Å². The van der Waals surface area contributed by atoms with Crippen LogP contribution >= 0.6 is 0 Å². The molecule has 6 rings (SSSR count). The second-order valence-corrected chi connectivity index (χ2v) is 12.7. The Hall–Kier alpha value is -5.37. The molecule has 2 unspecified atom stereocenters. The van der Waals surface area contributed by atoms with Gasteiger partial charge in [0.1, 0.15) is 28.6 Å². The highest BCUT2D eigenvalue weighted by Crippen LogP contribution is 2.37. The molecule has 0 aliphatic heterocycles. The van der Waals surface area contributed by atoms with Gasteiger partial charge in [-0.25, -0.2) is 19.4 Å². The predicted molar refractivity (Wildman–Crippen MR) is 173 cm³/mol. The molecule has 2 atom stereocenters. The zero-order chi connectivity index (χ0) is 33.0. The number of fused-ring (bicyclic) bond motifs is 2. The summed E-state index contributed by atoms with van der Waals surface area (Å²) in [5.41, 5.74) is 3.65. The number of hydrogen-bond acceptors (Lipinski definition) is 6. The molecule has 0 bridgehead atoms. The number of carboxylic acids is 1. The molecule has 1 aliphatic carbocycles. The minimum atomic E-state index is -1.13. The van der Waals surface area contributed by atoms with Crippen molar-refractivity contribution in [2.75, 3.05) is 5.32 Å². The topological polar surface area (TPSA) is 143 Å². The van der Waals surface area contributed by atoms with Gasteiger partial charge in [-0.1, -0.05) is 32.9 Å². The summed E-state index contributed by atoms with van der Waals surface area (Å²) in [4.78, 5) is 47.2. The SMILES string of the molecule is [C-]#[N+]c1cn2[nH]c(-c3ccc(C)c(NC(=O)c4cc(C)cc5c(C(=O)O)c(C)oc45)c3)nc2c1C(=O)OC1C(C)CC(C)CC1C. The number of furan rings is 1. The van der Waals surface area contributed by atoms with E-state index in [1.165, 1.54) is 10.7 Å². The molecule has 2 aromatic carbocycles. The number of nitrogens with zero attached hydrogens (tertiary/aromatic N) is 3. The van der Waals surface area contributed by atoms with Crippen LogP contribution < -0.4 is 5.32 Å². The molecule has 3 aromatic heterocycles. The number of aryl methyl sites for hydroxylation is 3. The van der Waals surface area contributed by atoms with E-state index >= 15 is 0 Å². The lowest BCUT2D eigenvalue weighted by Crippen LogP contribution is -2.37. The number of carboxylic acid groups (broad SMARTS) is 1. The number of nitrogens with one attached hydrogen (secondary N) is 2. The van der Waals surface area contributed by atoms with Crippen LogP contribution in [0.1, 0.15) is 81.6 Å². The van der Waals surface area contributed by atoms with Gasteiger partial charge in [-0.15, -0.1) is 0 Å². The molecule has 1 amide bonds. The van der Waals surface area contributed by atoms with Gasteiger partial charge in [0, 0.05) is 22.8 Å². The fourth-order valence-electron chi connectivity index (χ4n) is 6.93. The Morgan fingerprint density at radius 3 is 2.48 bits per heavy atom. The van der Waals surface area contributed by atoms with Crippen LogP contribution in [0.2, 0.25) is 0 Å². The van der Waals surface area contributed by atoms with Crippen molar-refractivity contribution >= 4 is 45.8 Å². The van der Waals surface area contributed by atoms with E-state index in [0.717, 1.165) is 18.4 Å². The number of rotatable bonds is 6. The highest BCUT2D eigenvalue weighted by atomic mass is 16.5. The number of H-pyrrole nitrogens is 1. The number of aromatic carboxylic acids is 1. The van der Waals surface area contributed by atoms with Crippen LogP contribution in [0.25, 0.3) is 32.8 Å². The Balaban J connectivity index is 1.31. The van der Waals surface area contributed by atoms with Gasteiger partial charge in [-0.3, -0.25) is 14.4 Å². The minimum Gasteiger partial charge on any atom is -0.478 e. The normalized spacial score (nSPS) is 19.7. The quantitative estimate of drug-likeness (QED) is 0.130. The van der Waals surface area contributed by atoms with Crippen molar-refractivity contribution in [1.82, 2.24) is 14.6 Å². The van der Waals surface area contributed by atoms with E-state index < -0.39 is 17.8 Å². The molecule has 46 heavy (non-hydrogen) atoms. The van der Waals surface area contributed by atoms with Crippen molar-refractivity contribution in [3.05, 3.63) is 81.5 Å². The maximum Gasteiger partial charge on any atom is 0.339 e. The number of hydrogen-bond donors (Lipinski definition) is 3. The van der Waals surface area contributed by atoms with Gasteiger partial charge in [-0.2, -0.15) is 0 Å². The maximum absolute atomic E-state index is 13.6. The van der Waals surface area contributed by atoms with Gasteiger partial charge < -0.3 is 19.6 Å². The van der Waals surface area contributed by atoms with Crippen LogP contribution in [-0.4, -0.2) is 43.7 Å². The van der Waals surface area contributed by atoms with Crippen molar-refractivity contribution in [3.63, 3.8) is 0 Å². The lowest BCUT2D eigenvalue weighted by atomic mass is 9.75. The van der Waals surface area contributed by atoms with Gasteiger partial charge in [0.15, 0.2) is 11.5 Å². The van der Waals surface area contributed by atoms with Crippen molar-refractivity contribution < 1.29 is 28.6 Å². The molecule has 0 saturated heterocycles. The molecule has 1 aliphatic rings. The predicted octanol–water partition coefficient (Wildman–Crippen LogP) is 7.73. The van der Waals surface area contributed by atoms with Gasteiger partial charge in [-0.05, 0) is 80.7 Å². The third-order valence-electron chi connectivity index (χ3n) is 8.97. The Morgan fingerprint density at radius 2 is 1.80 bits per heavy atom. The first-order valence-electron chi connectivity index (χ1n) is 15.2. The van der Waals surface area contributed by atoms with E-state index in [1.807, 2.05) is 19.1 Å². The van der Waals surface area contributed by atoms with Gasteiger partial charge in [0.05, 0.1) is 12.1 Å². The standard InChI is InChI=1S/C35H35N5O6/c1-16-10-19(4)29(20(5)11-16)46-35(44)28-26(36-7)15-40-32(28)38-31(39-40)22-9-8-18(3)25(14-22)37-33(41)24-13-17(2)12-23-27(34(42)43)21(6)45-30(23)24/h8-9,12-16,19-20,29H,10-11H2,1-6H3,(H,37,41)(H,38,39)(H,42,43). The number of esters is 1. The maximum atomic E-state index is 13.6. The molecule has 1 fully saturated rings. The smallest absolute Gasteiger partial charge is 0.339 e. The largest absolute Gasteiger partial charge is 0.478 e. The number of anilines is 1. The van der Waals surface area contributed by atoms with E-state index in [0.29, 0.717) is 33.9 Å². The fraction of sp³-hybridized carbons (Fsp3) is 0.343. The first kappa shape index (κ1) is 30.6. The number of aromatic nitrogens is 3. The lowest BCUT2D eigenvalue weighted by molar-refractivity contribution is -0.0249. The Morgan fingerprint density at radius 1 is 1.09 bits per heavy atom. The van der Waals surface area contributed by atoms with E-state index in [1.54, 1.807) is 32.0 Å². The minimum absolute atomic E-state index is 0.0298. The van der Waals surface area contributed by atoms with E-state index in [2.05, 4.69) is 41.0 Å². The second-order valence-electron chi connectivity index (χ2n) is 12.7. The number of amides is 1. The highest BCUT2D eigenvalue weighted by molar-refractivity contribution is 6.15. The molecular formula is C35H35N5O6. The molecule has 3 N–H and O–H groups in total. The van der Waals surface area contributed by atoms with Crippen LogP contribution in [0.15, 0.2) is 40.9 Å². The average Bonchev–Trinajstić information content (AvgIpc) is 3.65. The third-order valence-corrected chi connectivity index (χ3v) is 8.97. The zero-order valence-electron chi connectivity index (χ0n) is 26.5. The summed E-state index contributed by atoms with van der Waals surface area (Å²) in [6.45, 7) is 19.3. The molecule has 0 spiro atoms. The number of carbonyl (C=O) groups excluding carboxylic acids is 2. The summed E-state index contributed by atoms with van der Waals surface area (Å²) in [5.74, 6) is -0.522. The Labute approximate surface area is 265 Å². The van der Waals surface area contributed by atoms with Crippen molar-refractivity contribution in [2.24, 2.45) is 17.8 Å². The van der Waals surface area contributed by atoms with Gasteiger partial charge >= 0.3 is 11.9 Å². The van der Waals surface area contributed by atoms with E-state index in [-0.39, 0.29) is 57.3 Å². The number of aromatic amines is 1. The summed E-state index contributed by atoms with van der Waals surface area (Å²) in [5, 5.41) is 16.1. The van der Waals surface area contributed by atoms with E-state index in [9.17, 15) is 19.5 Å². The lowest BCUT2D eigenvalue weighted by Gasteiger charge is -2.37. The summed E-state index contributed by atoms with van der Waals surface area (Å²) in [6.07, 6.45) is 3.24. The summed E-state index contributed by atoms with van der Waals surface area (Å²) < 4.78 is 13.3. The van der Waals surface area contributed by atoms with Crippen LogP contribution in [0.5, 0.6) is 0 Å². The summed E-state index contributed by atoms with van der Waals surface area (Å²) in [6, 6.07) is 8.78. The third kappa shape index (κ3) is 5.30. The molecule has 0 radical (unpaired) electrons. The first-order chi connectivity index (χ1) is 21.9. The Kier molecular flexibility index (Phi) is 7.68. The highest BCUT2D eigenvalue weighted by Gasteiger charge is 2.36. The van der Waals surface area contributed by atoms with Crippen molar-refractivity contribution in [3.8, 4) is 11.4 Å². The second kappa shape index (κ2) is 11.5. The van der Waals surface area contributed by atoms with E-state index in [4.69, 9.17) is 15.7 Å². The molecule has 236 valence electrons. The Bertz CT molecular complexity index is 2080. The first-order valence-corrected chi connectivity index (χ1v) is 15.2. The van der Waals surface area contributed by atoms with Crippen LogP contribution in [0.4, 0.5) is 11.4 Å². The molecule has 11 heteroatoms. The summed E-state index contributed by atoms with van der Waals surface area (Å²) >= 11 is 0. The van der Waals surface area contributed by atoms with Crippen molar-refractivity contribution in [2.45, 2.75) is 60.5 Å². The average molecular weight is 622 g/mol.